The highest BCUT2D eigenvalue weighted by Crippen LogP contribution is 2.23. The lowest BCUT2D eigenvalue weighted by atomic mass is 10.3. The smallest absolute Gasteiger partial charge is 0.243 e. The molecule has 3 rings (SSSR count). The average molecular weight is 416 g/mol. The van der Waals surface area contributed by atoms with Crippen molar-refractivity contribution in [3.8, 4) is 5.75 Å². The van der Waals surface area contributed by atoms with E-state index in [0.29, 0.717) is 37.7 Å². The maximum Gasteiger partial charge on any atom is 0.243 e. The van der Waals surface area contributed by atoms with E-state index in [1.807, 2.05) is 0 Å². The van der Waals surface area contributed by atoms with E-state index in [-0.39, 0.29) is 10.8 Å². The van der Waals surface area contributed by atoms with Crippen LogP contribution in [0.25, 0.3) is 0 Å². The van der Waals surface area contributed by atoms with Gasteiger partial charge in [0.15, 0.2) is 0 Å². The van der Waals surface area contributed by atoms with E-state index in [9.17, 15) is 13.2 Å². The molecule has 0 N–H and O–H groups in total. The predicted molar refractivity (Wildman–Crippen MR) is 106 cm³/mol. The van der Waals surface area contributed by atoms with Gasteiger partial charge < -0.3 is 9.64 Å². The minimum atomic E-state index is -3.55. The molecule has 1 amide bonds. The number of aliphatic imine (C=N–C) groups is 1. The fraction of sp³-hybridized carbons (Fsp3) is 0.500. The lowest BCUT2D eigenvalue weighted by Crippen LogP contribution is -2.51. The van der Waals surface area contributed by atoms with Crippen LogP contribution < -0.4 is 4.74 Å². The van der Waals surface area contributed by atoms with E-state index in [4.69, 9.17) is 4.74 Å². The molecule has 7 nitrogen and oxygen atoms in total. The molecule has 0 radical (unpaired) electrons. The number of piperazine rings is 1. The zero-order chi connectivity index (χ0) is 18.6. The molecule has 0 atom stereocenters. The summed E-state index contributed by atoms with van der Waals surface area (Å²) in [6.07, 6.45) is 0. The Bertz CT molecular complexity index is 772. The van der Waals surface area contributed by atoms with Gasteiger partial charge in [-0.05, 0) is 24.3 Å². The number of nitrogens with zero attached hydrogens (tertiary/aromatic N) is 3. The molecular formula is C16H21N3O4S3. The number of carbonyl (C=O) groups is 1. The second-order valence-electron chi connectivity index (χ2n) is 5.75. The summed E-state index contributed by atoms with van der Waals surface area (Å²) in [5.41, 5.74) is 0. The molecule has 0 bridgehead atoms. The van der Waals surface area contributed by atoms with Crippen molar-refractivity contribution in [2.24, 2.45) is 4.99 Å². The number of hydrogen-bond acceptors (Lipinski definition) is 7. The van der Waals surface area contributed by atoms with E-state index >= 15 is 0 Å². The Kier molecular flexibility index (Phi) is 6.49. The first-order valence-corrected chi connectivity index (χ1v) is 11.6. The van der Waals surface area contributed by atoms with E-state index in [2.05, 4.69) is 4.99 Å². The molecule has 26 heavy (non-hydrogen) atoms. The number of methoxy groups -OCH3 is 1. The summed E-state index contributed by atoms with van der Waals surface area (Å²) in [7, 11) is -2.01. The van der Waals surface area contributed by atoms with Gasteiger partial charge in [0.25, 0.3) is 0 Å². The lowest BCUT2D eigenvalue weighted by molar-refractivity contribution is -0.129. The quantitative estimate of drug-likeness (QED) is 0.723. The van der Waals surface area contributed by atoms with E-state index in [0.717, 1.165) is 16.7 Å². The van der Waals surface area contributed by atoms with Crippen LogP contribution in [0.1, 0.15) is 0 Å². The summed E-state index contributed by atoms with van der Waals surface area (Å²) in [5.74, 6) is 1.99. The zero-order valence-electron chi connectivity index (χ0n) is 14.5. The summed E-state index contributed by atoms with van der Waals surface area (Å²) >= 11 is 3.15. The zero-order valence-corrected chi connectivity index (χ0v) is 16.9. The number of ether oxygens (including phenoxy) is 1. The number of sulfonamides is 1. The molecule has 2 aliphatic heterocycles. The molecule has 2 aliphatic rings. The molecule has 1 aromatic carbocycles. The fourth-order valence-electron chi connectivity index (χ4n) is 2.69. The molecule has 142 valence electrons. The van der Waals surface area contributed by atoms with Gasteiger partial charge in [0.05, 0.1) is 24.3 Å². The Balaban J connectivity index is 1.54. The van der Waals surface area contributed by atoms with Crippen LogP contribution in [0.4, 0.5) is 0 Å². The third-order valence-electron chi connectivity index (χ3n) is 4.17. The Morgan fingerprint density at radius 2 is 1.92 bits per heavy atom. The van der Waals surface area contributed by atoms with Crippen LogP contribution in [0, 0.1) is 0 Å². The third-order valence-corrected chi connectivity index (χ3v) is 8.32. The van der Waals surface area contributed by atoms with Gasteiger partial charge >= 0.3 is 0 Å². The molecule has 1 saturated heterocycles. The van der Waals surface area contributed by atoms with Gasteiger partial charge in [0.1, 0.15) is 10.1 Å². The van der Waals surface area contributed by atoms with Crippen LogP contribution in [0.3, 0.4) is 0 Å². The first-order chi connectivity index (χ1) is 12.5. The van der Waals surface area contributed by atoms with Gasteiger partial charge in [-0.25, -0.2) is 8.42 Å². The van der Waals surface area contributed by atoms with Crippen LogP contribution in [0.5, 0.6) is 5.75 Å². The number of amides is 1. The number of hydrogen-bond donors (Lipinski definition) is 0. The third kappa shape index (κ3) is 4.54. The van der Waals surface area contributed by atoms with E-state index in [1.54, 1.807) is 40.9 Å². The molecule has 0 unspecified atom stereocenters. The minimum Gasteiger partial charge on any atom is -0.497 e. The number of carbonyl (C=O) groups excluding carboxylic acids is 1. The summed E-state index contributed by atoms with van der Waals surface area (Å²) < 4.78 is 32.9. The van der Waals surface area contributed by atoms with E-state index < -0.39 is 10.0 Å². The second kappa shape index (κ2) is 8.64. The number of benzene rings is 1. The monoisotopic (exact) mass is 415 g/mol. The molecular weight excluding hydrogens is 394 g/mol. The van der Waals surface area contributed by atoms with Gasteiger partial charge in [0, 0.05) is 31.9 Å². The van der Waals surface area contributed by atoms with Crippen molar-refractivity contribution in [3.63, 3.8) is 0 Å². The molecule has 1 aromatic rings. The van der Waals surface area contributed by atoms with Crippen LogP contribution >= 0.6 is 23.5 Å². The SMILES string of the molecule is COc1ccc(S(=O)(=O)N2CCN(C(=O)CSC3=NCCS3)CC2)cc1. The Labute approximate surface area is 162 Å². The van der Waals surface area contributed by atoms with Crippen LogP contribution in [-0.4, -0.2) is 79.2 Å². The second-order valence-corrected chi connectivity index (χ2v) is 9.99. The maximum atomic E-state index is 12.7. The van der Waals surface area contributed by atoms with Crippen molar-refractivity contribution in [1.29, 1.82) is 0 Å². The highest BCUT2D eigenvalue weighted by atomic mass is 32.2. The normalized spacial score (nSPS) is 18.7. The van der Waals surface area contributed by atoms with Gasteiger partial charge in [-0.2, -0.15) is 4.31 Å². The summed E-state index contributed by atoms with van der Waals surface area (Å²) in [6.45, 7) is 2.26. The Hall–Kier alpha value is -1.23. The summed E-state index contributed by atoms with van der Waals surface area (Å²) in [4.78, 5) is 18.6. The van der Waals surface area contributed by atoms with Gasteiger partial charge in [-0.1, -0.05) is 23.5 Å². The van der Waals surface area contributed by atoms with E-state index in [1.165, 1.54) is 23.2 Å². The largest absolute Gasteiger partial charge is 0.497 e. The molecule has 2 heterocycles. The molecule has 1 fully saturated rings. The van der Waals surface area contributed by atoms with Gasteiger partial charge in [-0.15, -0.1) is 0 Å². The Morgan fingerprint density at radius 3 is 2.50 bits per heavy atom. The van der Waals surface area contributed by atoms with Crippen molar-refractivity contribution in [2.75, 3.05) is 51.3 Å². The van der Waals surface area contributed by atoms with Crippen LogP contribution in [0.2, 0.25) is 0 Å². The van der Waals surface area contributed by atoms with Crippen molar-refractivity contribution in [2.45, 2.75) is 4.90 Å². The maximum absolute atomic E-state index is 12.7. The van der Waals surface area contributed by atoms with Crippen molar-refractivity contribution < 1.29 is 17.9 Å². The molecule has 0 aromatic heterocycles. The lowest BCUT2D eigenvalue weighted by Gasteiger charge is -2.34. The van der Waals surface area contributed by atoms with Crippen molar-refractivity contribution >= 4 is 43.8 Å². The molecule has 0 spiro atoms. The highest BCUT2D eigenvalue weighted by molar-refractivity contribution is 8.39. The van der Waals surface area contributed by atoms with Crippen LogP contribution in [-0.2, 0) is 14.8 Å². The molecule has 0 saturated carbocycles. The molecule has 10 heteroatoms. The molecule has 0 aliphatic carbocycles. The summed E-state index contributed by atoms with van der Waals surface area (Å²) in [5, 5.41) is 0. The Morgan fingerprint density at radius 1 is 1.23 bits per heavy atom. The highest BCUT2D eigenvalue weighted by Gasteiger charge is 2.30. The number of thioether (sulfide) groups is 2. The minimum absolute atomic E-state index is 0.0340. The first-order valence-electron chi connectivity index (χ1n) is 8.23. The van der Waals surface area contributed by atoms with Gasteiger partial charge in [0.2, 0.25) is 15.9 Å². The van der Waals surface area contributed by atoms with Crippen molar-refractivity contribution in [3.05, 3.63) is 24.3 Å². The average Bonchev–Trinajstić information content (AvgIpc) is 3.20. The van der Waals surface area contributed by atoms with Gasteiger partial charge in [-0.3, -0.25) is 9.79 Å². The summed E-state index contributed by atoms with van der Waals surface area (Å²) in [6, 6.07) is 6.35. The number of rotatable bonds is 5. The topological polar surface area (TPSA) is 79.3 Å². The van der Waals surface area contributed by atoms with Crippen molar-refractivity contribution in [1.82, 2.24) is 9.21 Å². The standard InChI is InChI=1S/C16H21N3O4S3/c1-23-13-2-4-14(5-3-13)26(21,22)19-9-7-18(8-10-19)15(20)12-25-16-17-6-11-24-16/h2-5H,6-12H2,1H3. The van der Waals surface area contributed by atoms with Crippen LogP contribution in [0.15, 0.2) is 34.2 Å². The first kappa shape index (κ1) is 19.5. The fourth-order valence-corrected chi connectivity index (χ4v) is 6.03. The predicted octanol–water partition coefficient (Wildman–Crippen LogP) is 1.36.